The molecule has 212 valence electrons. The Morgan fingerprint density at radius 3 is 2.75 bits per heavy atom. The number of nitriles is 1. The number of amides is 1. The van der Waals surface area contributed by atoms with Crippen LogP contribution in [0.25, 0.3) is 0 Å². The van der Waals surface area contributed by atoms with Crippen LogP contribution in [0.5, 0.6) is 11.9 Å². The lowest BCUT2D eigenvalue weighted by Crippen LogP contribution is -2.55. The van der Waals surface area contributed by atoms with Crippen molar-refractivity contribution in [2.24, 2.45) is 5.41 Å². The molecule has 1 unspecified atom stereocenters. The molecule has 2 aromatic rings. The Morgan fingerprint density at radius 2 is 2.00 bits per heavy atom. The Kier molecular flexibility index (Phi) is 7.07. The number of nitrogens with zero attached hydrogens (tertiary/aromatic N) is 6. The van der Waals surface area contributed by atoms with E-state index in [1.807, 2.05) is 4.90 Å². The first kappa shape index (κ1) is 26.8. The number of carbonyl (C=O) groups excluding carboxylic acids is 1. The zero-order valence-corrected chi connectivity index (χ0v) is 24.0. The Bertz CT molecular complexity index is 1320. The van der Waals surface area contributed by atoms with Crippen LogP contribution in [0.4, 0.5) is 5.82 Å². The van der Waals surface area contributed by atoms with Crippen LogP contribution in [0.3, 0.4) is 0 Å². The van der Waals surface area contributed by atoms with Gasteiger partial charge in [-0.05, 0) is 70.2 Å². The average molecular weight is 545 g/mol. The maximum Gasteiger partial charge on any atom is 0.321 e. The third-order valence-electron chi connectivity index (χ3n) is 9.16. The SMILES string of the molecule is CC(=O)N1CCN(c2nc(OCC3(CN(C)C)CC3)nc3c2CCC2(CCCc4ccccc42)O3)C[C@@H]1CC#N. The molecular formula is C31H40N6O3. The number of carbonyl (C=O) groups is 1. The van der Waals surface area contributed by atoms with Gasteiger partial charge >= 0.3 is 6.01 Å². The smallest absolute Gasteiger partial charge is 0.321 e. The lowest BCUT2D eigenvalue weighted by Gasteiger charge is -2.44. The minimum atomic E-state index is -0.385. The number of fused-ring (bicyclic) bond motifs is 3. The molecule has 2 atom stereocenters. The van der Waals surface area contributed by atoms with Gasteiger partial charge in [-0.2, -0.15) is 15.2 Å². The summed E-state index contributed by atoms with van der Waals surface area (Å²) in [6, 6.07) is 11.1. The van der Waals surface area contributed by atoms with Crippen LogP contribution in [0.15, 0.2) is 24.3 Å². The third kappa shape index (κ3) is 5.10. The van der Waals surface area contributed by atoms with Crippen LogP contribution >= 0.6 is 0 Å². The van der Waals surface area contributed by atoms with Crippen molar-refractivity contribution in [3.63, 3.8) is 0 Å². The van der Waals surface area contributed by atoms with Crippen LogP contribution in [0, 0.1) is 16.7 Å². The fourth-order valence-electron chi connectivity index (χ4n) is 7.03. The molecule has 0 bridgehead atoms. The molecule has 0 radical (unpaired) electrons. The number of hydrogen-bond acceptors (Lipinski definition) is 8. The van der Waals surface area contributed by atoms with Gasteiger partial charge in [-0.25, -0.2) is 0 Å². The van der Waals surface area contributed by atoms with Crippen LogP contribution in [0.2, 0.25) is 0 Å². The number of piperazine rings is 1. The van der Waals surface area contributed by atoms with Gasteiger partial charge in [0.25, 0.3) is 0 Å². The van der Waals surface area contributed by atoms with E-state index in [0.29, 0.717) is 38.1 Å². The molecular weight excluding hydrogens is 504 g/mol. The second kappa shape index (κ2) is 10.5. The van der Waals surface area contributed by atoms with Gasteiger partial charge < -0.3 is 24.2 Å². The van der Waals surface area contributed by atoms with E-state index in [2.05, 4.69) is 54.2 Å². The van der Waals surface area contributed by atoms with Crippen LogP contribution in [0.1, 0.15) is 62.1 Å². The standard InChI is InChI=1S/C31H40N6O3/c1-22(38)37-18-17-36(19-24(37)11-16-32)27-25-10-13-31(12-6-8-23-7-4-5-9-26(23)31)40-28(25)34-29(33-27)39-21-30(14-15-30)20-35(2)3/h4-5,7,9,24H,6,8,10-15,17-21H2,1-3H3/t24-,31?/m0/s1. The minimum Gasteiger partial charge on any atom is -0.466 e. The molecule has 3 heterocycles. The number of ether oxygens (including phenoxy) is 2. The first-order valence-electron chi connectivity index (χ1n) is 14.7. The molecule has 1 aromatic heterocycles. The van der Waals surface area contributed by atoms with Gasteiger partial charge in [0.2, 0.25) is 11.8 Å². The zero-order chi connectivity index (χ0) is 27.9. The van der Waals surface area contributed by atoms with Gasteiger partial charge in [0.1, 0.15) is 11.4 Å². The highest BCUT2D eigenvalue weighted by Gasteiger charge is 2.46. The van der Waals surface area contributed by atoms with Crippen molar-refractivity contribution in [1.82, 2.24) is 19.8 Å². The lowest BCUT2D eigenvalue weighted by atomic mass is 9.75. The van der Waals surface area contributed by atoms with Crippen molar-refractivity contribution < 1.29 is 14.3 Å². The molecule has 1 saturated heterocycles. The van der Waals surface area contributed by atoms with Crippen LogP contribution in [-0.2, 0) is 23.2 Å². The van der Waals surface area contributed by atoms with Gasteiger partial charge in [-0.1, -0.05) is 24.3 Å². The summed E-state index contributed by atoms with van der Waals surface area (Å²) in [6.45, 7) is 4.88. The van der Waals surface area contributed by atoms with Crippen LogP contribution < -0.4 is 14.4 Å². The molecule has 6 rings (SSSR count). The number of benzene rings is 1. The molecule has 2 aliphatic carbocycles. The summed E-state index contributed by atoms with van der Waals surface area (Å²) in [4.78, 5) is 28.4. The highest BCUT2D eigenvalue weighted by Crippen LogP contribution is 2.49. The molecule has 40 heavy (non-hydrogen) atoms. The van der Waals surface area contributed by atoms with E-state index < -0.39 is 0 Å². The summed E-state index contributed by atoms with van der Waals surface area (Å²) < 4.78 is 13.3. The molecule has 4 aliphatic rings. The van der Waals surface area contributed by atoms with E-state index >= 15 is 0 Å². The highest BCUT2D eigenvalue weighted by atomic mass is 16.5. The predicted octanol–water partition coefficient (Wildman–Crippen LogP) is 3.70. The van der Waals surface area contributed by atoms with Crippen molar-refractivity contribution in [2.45, 2.75) is 69.9 Å². The Labute approximate surface area is 237 Å². The number of aromatic nitrogens is 2. The quantitative estimate of drug-likeness (QED) is 0.521. The van der Waals surface area contributed by atoms with Gasteiger partial charge in [-0.3, -0.25) is 4.79 Å². The van der Waals surface area contributed by atoms with E-state index in [9.17, 15) is 10.1 Å². The molecule has 2 aliphatic heterocycles. The molecule has 0 N–H and O–H groups in total. The normalized spacial score (nSPS) is 24.6. The zero-order valence-electron chi connectivity index (χ0n) is 24.0. The van der Waals surface area contributed by atoms with E-state index in [0.717, 1.165) is 62.9 Å². The molecule has 1 amide bonds. The summed E-state index contributed by atoms with van der Waals surface area (Å²) in [7, 11) is 4.20. The van der Waals surface area contributed by atoms with Gasteiger partial charge in [0, 0.05) is 38.5 Å². The molecule has 9 nitrogen and oxygen atoms in total. The largest absolute Gasteiger partial charge is 0.466 e. The number of rotatable bonds is 7. The fourth-order valence-corrected chi connectivity index (χ4v) is 7.03. The van der Waals surface area contributed by atoms with Gasteiger partial charge in [-0.15, -0.1) is 0 Å². The minimum absolute atomic E-state index is 0.00509. The van der Waals surface area contributed by atoms with E-state index in [1.165, 1.54) is 11.1 Å². The average Bonchev–Trinajstić information content (AvgIpc) is 3.70. The van der Waals surface area contributed by atoms with Crippen molar-refractivity contribution in [2.75, 3.05) is 51.8 Å². The predicted molar refractivity (Wildman–Crippen MR) is 151 cm³/mol. The summed E-state index contributed by atoms with van der Waals surface area (Å²) >= 11 is 0. The number of aryl methyl sites for hydroxylation is 1. The van der Waals surface area contributed by atoms with Crippen molar-refractivity contribution in [1.29, 1.82) is 5.26 Å². The molecule has 9 heteroatoms. The number of hydrogen-bond donors (Lipinski definition) is 0. The van der Waals surface area contributed by atoms with Crippen molar-refractivity contribution >= 4 is 11.7 Å². The van der Waals surface area contributed by atoms with Crippen molar-refractivity contribution in [3.05, 3.63) is 41.0 Å². The molecule has 1 aromatic carbocycles. The first-order valence-corrected chi connectivity index (χ1v) is 14.7. The number of anilines is 1. The summed E-state index contributed by atoms with van der Waals surface area (Å²) in [5.74, 6) is 1.44. The lowest BCUT2D eigenvalue weighted by molar-refractivity contribution is -0.131. The molecule has 1 saturated carbocycles. The molecule has 1 spiro atoms. The van der Waals surface area contributed by atoms with Crippen molar-refractivity contribution in [3.8, 4) is 18.0 Å². The highest BCUT2D eigenvalue weighted by molar-refractivity contribution is 5.74. The molecule has 2 fully saturated rings. The summed E-state index contributed by atoms with van der Waals surface area (Å²) in [6.07, 6.45) is 7.37. The van der Waals surface area contributed by atoms with E-state index in [1.54, 1.807) is 6.92 Å². The third-order valence-corrected chi connectivity index (χ3v) is 9.16. The fraction of sp³-hybridized carbons (Fsp3) is 0.613. The van der Waals surface area contributed by atoms with Gasteiger partial charge in [0.15, 0.2) is 0 Å². The Hall–Kier alpha value is -3.38. The Balaban J connectivity index is 1.34. The van der Waals surface area contributed by atoms with E-state index in [4.69, 9.17) is 19.4 Å². The first-order chi connectivity index (χ1) is 19.3. The Morgan fingerprint density at radius 1 is 1.18 bits per heavy atom. The monoisotopic (exact) mass is 544 g/mol. The topological polar surface area (TPSA) is 94.8 Å². The van der Waals surface area contributed by atoms with Crippen LogP contribution in [-0.4, -0.2) is 78.6 Å². The summed E-state index contributed by atoms with van der Waals surface area (Å²) in [5, 5.41) is 9.47. The second-order valence-corrected chi connectivity index (χ2v) is 12.4. The summed E-state index contributed by atoms with van der Waals surface area (Å²) in [5.41, 5.74) is 3.41. The van der Waals surface area contributed by atoms with E-state index in [-0.39, 0.29) is 29.4 Å². The van der Waals surface area contributed by atoms with Gasteiger partial charge in [0.05, 0.1) is 30.7 Å². The maximum atomic E-state index is 12.3. The maximum absolute atomic E-state index is 12.3. The second-order valence-electron chi connectivity index (χ2n) is 12.4.